The van der Waals surface area contributed by atoms with Gasteiger partial charge in [-0.15, -0.1) is 0 Å². The van der Waals surface area contributed by atoms with E-state index in [1.807, 2.05) is 12.1 Å². The number of anilines is 2. The van der Waals surface area contributed by atoms with Gasteiger partial charge in [0.1, 0.15) is 17.2 Å². The van der Waals surface area contributed by atoms with Gasteiger partial charge < -0.3 is 10.1 Å². The number of hydrogen-bond acceptors (Lipinski definition) is 5. The number of methoxy groups -OCH3 is 1. The van der Waals surface area contributed by atoms with Crippen molar-refractivity contribution >= 4 is 33.3 Å². The molecule has 170 valence electrons. The van der Waals surface area contributed by atoms with Crippen LogP contribution in [0.15, 0.2) is 77.7 Å². The van der Waals surface area contributed by atoms with Crippen LogP contribution in [0.3, 0.4) is 0 Å². The van der Waals surface area contributed by atoms with E-state index >= 15 is 0 Å². The van der Waals surface area contributed by atoms with Crippen LogP contribution in [-0.4, -0.2) is 34.0 Å². The van der Waals surface area contributed by atoms with Crippen molar-refractivity contribution in [3.63, 3.8) is 0 Å². The Balaban J connectivity index is 1.63. The number of nitrogens with one attached hydrogen (secondary N) is 1. The van der Waals surface area contributed by atoms with Gasteiger partial charge in [0.2, 0.25) is 5.91 Å². The molecule has 0 unspecified atom stereocenters. The van der Waals surface area contributed by atoms with Crippen molar-refractivity contribution < 1.29 is 22.7 Å². The second kappa shape index (κ2) is 8.95. The van der Waals surface area contributed by atoms with E-state index in [1.54, 1.807) is 62.6 Å². The quantitative estimate of drug-likeness (QED) is 0.602. The number of carbonyl (C=O) groups is 2. The first-order chi connectivity index (χ1) is 15.8. The van der Waals surface area contributed by atoms with E-state index in [-0.39, 0.29) is 29.4 Å². The second-order valence-electron chi connectivity index (χ2n) is 7.52. The molecule has 0 radical (unpaired) electrons. The molecule has 1 aliphatic rings. The van der Waals surface area contributed by atoms with E-state index < -0.39 is 22.0 Å². The highest BCUT2D eigenvalue weighted by Gasteiger charge is 2.43. The molecule has 33 heavy (non-hydrogen) atoms. The number of sulfonamides is 1. The summed E-state index contributed by atoms with van der Waals surface area (Å²) in [6.07, 6.45) is 0. The molecule has 3 aromatic carbocycles. The first-order valence-electron chi connectivity index (χ1n) is 10.2. The third-order valence-electron chi connectivity index (χ3n) is 5.34. The number of benzene rings is 3. The van der Waals surface area contributed by atoms with Crippen molar-refractivity contribution in [2.75, 3.05) is 22.9 Å². The van der Waals surface area contributed by atoms with Crippen LogP contribution in [0.4, 0.5) is 16.2 Å². The molecule has 0 fully saturated rings. The topological polar surface area (TPSA) is 96.0 Å². The van der Waals surface area contributed by atoms with Crippen LogP contribution in [0.25, 0.3) is 0 Å². The van der Waals surface area contributed by atoms with Gasteiger partial charge >= 0.3 is 6.03 Å². The Bertz CT molecular complexity index is 1320. The maximum absolute atomic E-state index is 13.4. The lowest BCUT2D eigenvalue weighted by Crippen LogP contribution is -2.53. The Morgan fingerprint density at radius 2 is 1.67 bits per heavy atom. The first kappa shape index (κ1) is 22.3. The summed E-state index contributed by atoms with van der Waals surface area (Å²) in [7, 11) is -2.58. The number of para-hydroxylation sites is 2. The number of nitrogens with zero attached hydrogens (tertiary/aromatic N) is 2. The van der Waals surface area contributed by atoms with Crippen molar-refractivity contribution in [2.45, 2.75) is 18.4 Å². The molecule has 9 heteroatoms. The van der Waals surface area contributed by atoms with Crippen molar-refractivity contribution in [3.8, 4) is 5.75 Å². The van der Waals surface area contributed by atoms with Gasteiger partial charge in [0.15, 0.2) is 0 Å². The number of hydrogen-bond donors (Lipinski definition) is 1. The predicted molar refractivity (Wildman–Crippen MR) is 125 cm³/mol. The minimum Gasteiger partial charge on any atom is -0.497 e. The summed E-state index contributed by atoms with van der Waals surface area (Å²) < 4.78 is 32.6. The maximum Gasteiger partial charge on any atom is 0.343 e. The zero-order valence-corrected chi connectivity index (χ0v) is 19.0. The van der Waals surface area contributed by atoms with Gasteiger partial charge in [-0.1, -0.05) is 42.5 Å². The van der Waals surface area contributed by atoms with Gasteiger partial charge in [-0.3, -0.25) is 9.69 Å². The lowest BCUT2D eigenvalue weighted by atomic mass is 10.2. The van der Waals surface area contributed by atoms with Gasteiger partial charge in [-0.25, -0.2) is 13.2 Å². The third-order valence-corrected chi connectivity index (χ3v) is 7.07. The molecular formula is C24H23N3O5S. The Hall–Kier alpha value is -3.85. The number of urea groups is 1. The van der Waals surface area contributed by atoms with Crippen LogP contribution >= 0.6 is 0 Å². The molecule has 1 heterocycles. The number of fused-ring (bicyclic) bond motifs is 1. The molecule has 1 N–H and O–H groups in total. The SMILES string of the molecule is COc1cccc(CNC(=O)CN2C(=O)N(c3ccccc3C)S(=O)(=O)c3ccccc32)c1. The largest absolute Gasteiger partial charge is 0.497 e. The number of aryl methyl sites for hydroxylation is 1. The fourth-order valence-electron chi connectivity index (χ4n) is 3.67. The highest BCUT2D eigenvalue weighted by Crippen LogP contribution is 2.37. The third kappa shape index (κ3) is 4.27. The summed E-state index contributed by atoms with van der Waals surface area (Å²) in [6.45, 7) is 1.63. The number of rotatable bonds is 6. The lowest BCUT2D eigenvalue weighted by Gasteiger charge is -2.36. The summed E-state index contributed by atoms with van der Waals surface area (Å²) in [5, 5.41) is 2.78. The van der Waals surface area contributed by atoms with E-state index in [0.29, 0.717) is 11.3 Å². The molecule has 0 aliphatic carbocycles. The van der Waals surface area contributed by atoms with E-state index in [4.69, 9.17) is 4.74 Å². The summed E-state index contributed by atoms with van der Waals surface area (Å²) >= 11 is 0. The van der Waals surface area contributed by atoms with Gasteiger partial charge in [0, 0.05) is 6.54 Å². The van der Waals surface area contributed by atoms with E-state index in [2.05, 4.69) is 5.32 Å². The Kier molecular flexibility index (Phi) is 6.06. The zero-order chi connectivity index (χ0) is 23.6. The molecule has 0 atom stereocenters. The van der Waals surface area contributed by atoms with Crippen LogP contribution in [-0.2, 0) is 21.4 Å². The highest BCUT2D eigenvalue weighted by molar-refractivity contribution is 7.94. The summed E-state index contributed by atoms with van der Waals surface area (Å²) in [5.74, 6) is 0.242. The van der Waals surface area contributed by atoms with Crippen LogP contribution in [0.1, 0.15) is 11.1 Å². The molecule has 0 bridgehead atoms. The van der Waals surface area contributed by atoms with E-state index in [1.165, 1.54) is 17.0 Å². The van der Waals surface area contributed by atoms with Gasteiger partial charge in [-0.2, -0.15) is 4.31 Å². The molecule has 0 aromatic heterocycles. The van der Waals surface area contributed by atoms with Crippen LogP contribution in [0.5, 0.6) is 5.75 Å². The molecule has 8 nitrogen and oxygen atoms in total. The maximum atomic E-state index is 13.4. The molecule has 0 spiro atoms. The van der Waals surface area contributed by atoms with Crippen molar-refractivity contribution in [1.29, 1.82) is 0 Å². The van der Waals surface area contributed by atoms with Crippen LogP contribution < -0.4 is 19.3 Å². The highest BCUT2D eigenvalue weighted by atomic mass is 32.2. The smallest absolute Gasteiger partial charge is 0.343 e. The second-order valence-corrected chi connectivity index (χ2v) is 9.28. The van der Waals surface area contributed by atoms with Crippen molar-refractivity contribution in [1.82, 2.24) is 5.32 Å². The molecule has 3 aromatic rings. The normalized spacial score (nSPS) is 14.5. The van der Waals surface area contributed by atoms with Crippen molar-refractivity contribution in [2.24, 2.45) is 0 Å². The van der Waals surface area contributed by atoms with Gasteiger partial charge in [0.25, 0.3) is 10.0 Å². The minimum atomic E-state index is -4.14. The van der Waals surface area contributed by atoms with Crippen molar-refractivity contribution in [3.05, 3.63) is 83.9 Å². The molecular weight excluding hydrogens is 442 g/mol. The zero-order valence-electron chi connectivity index (χ0n) is 18.2. The standard InChI is InChI=1S/C24H23N3O5S/c1-17-8-3-4-11-20(17)27-24(29)26(21-12-5-6-13-22(21)33(27,30)31)16-23(28)25-15-18-9-7-10-19(14-18)32-2/h3-14H,15-16H2,1-2H3,(H,25,28). The van der Waals surface area contributed by atoms with Gasteiger partial charge in [-0.05, 0) is 48.4 Å². The summed E-state index contributed by atoms with van der Waals surface area (Å²) in [5.41, 5.74) is 1.87. The Morgan fingerprint density at radius 1 is 0.970 bits per heavy atom. The molecule has 3 amide bonds. The van der Waals surface area contributed by atoms with Crippen LogP contribution in [0.2, 0.25) is 0 Å². The lowest BCUT2D eigenvalue weighted by molar-refractivity contribution is -0.119. The molecule has 1 aliphatic heterocycles. The number of carbonyl (C=O) groups excluding carboxylic acids is 2. The molecule has 4 rings (SSSR count). The first-order valence-corrected chi connectivity index (χ1v) is 11.7. The van der Waals surface area contributed by atoms with Gasteiger partial charge in [0.05, 0.1) is 18.5 Å². The monoisotopic (exact) mass is 465 g/mol. The predicted octanol–water partition coefficient (Wildman–Crippen LogP) is 3.46. The number of ether oxygens (including phenoxy) is 1. The Labute approximate surface area is 192 Å². The summed E-state index contributed by atoms with van der Waals surface area (Å²) in [4.78, 5) is 27.3. The molecule has 0 saturated heterocycles. The average molecular weight is 466 g/mol. The van der Waals surface area contributed by atoms with Crippen LogP contribution in [0, 0.1) is 6.92 Å². The fourth-order valence-corrected chi connectivity index (χ4v) is 5.33. The Morgan fingerprint density at radius 3 is 2.39 bits per heavy atom. The number of amides is 3. The van der Waals surface area contributed by atoms with E-state index in [9.17, 15) is 18.0 Å². The van der Waals surface area contributed by atoms with E-state index in [0.717, 1.165) is 9.87 Å². The average Bonchev–Trinajstić information content (AvgIpc) is 2.82. The summed E-state index contributed by atoms with van der Waals surface area (Å²) in [6, 6.07) is 19.3. The fraction of sp³-hybridized carbons (Fsp3) is 0.167. The molecule has 0 saturated carbocycles. The minimum absolute atomic E-state index is 0.0338.